The molecule has 2 N–H and O–H groups in total. The topological polar surface area (TPSA) is 130 Å². The maximum atomic E-state index is 12.6. The quantitative estimate of drug-likeness (QED) is 0.474. The number of carbonyl (C=O) groups is 2. The third kappa shape index (κ3) is 3.48. The number of rotatable bonds is 5. The highest BCUT2D eigenvalue weighted by Crippen LogP contribution is 2.26. The number of nitrogens with one attached hydrogen (secondary N) is 1. The molecule has 1 aliphatic rings. The summed E-state index contributed by atoms with van der Waals surface area (Å²) in [6.07, 6.45) is 4.45. The molecule has 0 spiro atoms. The van der Waals surface area contributed by atoms with Crippen LogP contribution in [0.2, 0.25) is 0 Å². The van der Waals surface area contributed by atoms with Gasteiger partial charge >= 0.3 is 5.97 Å². The van der Waals surface area contributed by atoms with Crippen molar-refractivity contribution in [1.29, 1.82) is 0 Å². The lowest BCUT2D eigenvalue weighted by Gasteiger charge is -2.39. The fourth-order valence-electron chi connectivity index (χ4n) is 3.50. The van der Waals surface area contributed by atoms with Crippen LogP contribution < -0.4 is 15.6 Å². The summed E-state index contributed by atoms with van der Waals surface area (Å²) in [7, 11) is 0. The summed E-state index contributed by atoms with van der Waals surface area (Å²) >= 11 is 1.30. The van der Waals surface area contributed by atoms with Gasteiger partial charge in [0, 0.05) is 37.1 Å². The molecule has 0 unspecified atom stereocenters. The highest BCUT2D eigenvalue weighted by atomic mass is 32.1. The molecule has 5 rings (SSSR count). The van der Waals surface area contributed by atoms with Crippen molar-refractivity contribution in [3.8, 4) is 5.13 Å². The van der Waals surface area contributed by atoms with Crippen LogP contribution in [0.3, 0.4) is 0 Å². The van der Waals surface area contributed by atoms with Crippen LogP contribution in [-0.4, -0.2) is 49.6 Å². The number of aromatic nitrogens is 4. The molecule has 160 valence electrons. The lowest BCUT2D eigenvalue weighted by molar-refractivity contribution is -0.120. The zero-order chi connectivity index (χ0) is 22.2. The Bertz CT molecular complexity index is 1380. The van der Waals surface area contributed by atoms with Crippen LogP contribution >= 0.6 is 11.3 Å². The predicted molar refractivity (Wildman–Crippen MR) is 119 cm³/mol. The van der Waals surface area contributed by atoms with Crippen molar-refractivity contribution in [1.82, 2.24) is 19.5 Å². The average Bonchev–Trinajstić information content (AvgIpc) is 3.28. The van der Waals surface area contributed by atoms with Crippen LogP contribution in [-0.2, 0) is 4.79 Å². The molecule has 0 aromatic carbocycles. The molecule has 32 heavy (non-hydrogen) atoms. The fourth-order valence-corrected chi connectivity index (χ4v) is 4.12. The number of carboxylic acids is 1. The van der Waals surface area contributed by atoms with Crippen molar-refractivity contribution < 1.29 is 14.7 Å². The Morgan fingerprint density at radius 1 is 1.12 bits per heavy atom. The molecule has 1 saturated heterocycles. The van der Waals surface area contributed by atoms with Crippen LogP contribution in [0.25, 0.3) is 16.2 Å². The summed E-state index contributed by atoms with van der Waals surface area (Å²) in [5.41, 5.74) is -0.637. The van der Waals surface area contributed by atoms with Gasteiger partial charge < -0.3 is 15.3 Å². The van der Waals surface area contributed by atoms with E-state index < -0.39 is 11.4 Å². The first-order valence-corrected chi connectivity index (χ1v) is 10.6. The number of carboxylic acid groups (broad SMARTS) is 1. The molecule has 0 bridgehead atoms. The van der Waals surface area contributed by atoms with Crippen LogP contribution in [0.15, 0.2) is 59.1 Å². The Balaban J connectivity index is 1.43. The molecule has 4 aromatic rings. The zero-order valence-corrected chi connectivity index (χ0v) is 17.3. The van der Waals surface area contributed by atoms with E-state index >= 15 is 0 Å². The second-order valence-electron chi connectivity index (χ2n) is 7.21. The largest absolute Gasteiger partial charge is 0.477 e. The van der Waals surface area contributed by atoms with Gasteiger partial charge in [0.25, 0.3) is 0 Å². The van der Waals surface area contributed by atoms with Crippen molar-refractivity contribution in [2.24, 2.45) is 5.92 Å². The van der Waals surface area contributed by atoms with Crippen LogP contribution in [0.4, 0.5) is 11.6 Å². The number of hydrogen-bond acceptors (Lipinski definition) is 8. The number of anilines is 2. The molecule has 0 atom stereocenters. The number of thiazole rings is 1. The summed E-state index contributed by atoms with van der Waals surface area (Å²) in [5, 5.41) is 14.7. The molecule has 10 nitrogen and oxygen atoms in total. The summed E-state index contributed by atoms with van der Waals surface area (Å²) in [6, 6.07) is 8.53. The maximum absolute atomic E-state index is 12.6. The third-order valence-corrected chi connectivity index (χ3v) is 5.96. The van der Waals surface area contributed by atoms with Crippen LogP contribution in [0.1, 0.15) is 10.4 Å². The number of hydrogen-bond donors (Lipinski definition) is 2. The standard InChI is InChI=1S/C21H16N6O4S/c28-17-13-4-5-16(26-9-12(10-26)19(29)24-15-3-1-2-6-22-15)25-18(13)27(11-14(17)20(30)31)21-23-7-8-32-21/h1-8,11-12H,9-10H2,(H,30,31)(H,22,24,29). The first kappa shape index (κ1) is 19.8. The monoisotopic (exact) mass is 448 g/mol. The van der Waals surface area contributed by atoms with Crippen molar-refractivity contribution in [3.63, 3.8) is 0 Å². The minimum Gasteiger partial charge on any atom is -0.477 e. The van der Waals surface area contributed by atoms with E-state index in [-0.39, 0.29) is 22.8 Å². The van der Waals surface area contributed by atoms with Crippen molar-refractivity contribution >= 4 is 45.9 Å². The van der Waals surface area contributed by atoms with E-state index in [1.165, 1.54) is 22.1 Å². The molecule has 0 aliphatic carbocycles. The summed E-state index contributed by atoms with van der Waals surface area (Å²) in [6.45, 7) is 0.928. The third-order valence-electron chi connectivity index (χ3n) is 5.18. The van der Waals surface area contributed by atoms with E-state index in [9.17, 15) is 19.5 Å². The number of fused-ring (bicyclic) bond motifs is 1. The highest BCUT2D eigenvalue weighted by molar-refractivity contribution is 7.12. The van der Waals surface area contributed by atoms with Gasteiger partial charge in [0.1, 0.15) is 17.2 Å². The Kier molecular flexibility index (Phi) is 4.86. The molecule has 1 aliphatic heterocycles. The second kappa shape index (κ2) is 7.85. The Labute approximate surface area is 184 Å². The van der Waals surface area contributed by atoms with Crippen LogP contribution in [0, 0.1) is 5.92 Å². The molecule has 1 fully saturated rings. The fraction of sp³-hybridized carbons (Fsp3) is 0.143. The lowest BCUT2D eigenvalue weighted by Crippen LogP contribution is -2.52. The number of aromatic carboxylic acids is 1. The predicted octanol–water partition coefficient (Wildman–Crippen LogP) is 2.01. The Morgan fingerprint density at radius 2 is 1.97 bits per heavy atom. The van der Waals surface area contributed by atoms with E-state index in [1.807, 2.05) is 4.90 Å². The smallest absolute Gasteiger partial charge is 0.341 e. The first-order chi connectivity index (χ1) is 15.5. The van der Waals surface area contributed by atoms with Gasteiger partial charge in [-0.15, -0.1) is 11.3 Å². The molecule has 0 saturated carbocycles. The van der Waals surface area contributed by atoms with Crippen molar-refractivity contribution in [2.45, 2.75) is 0 Å². The molecule has 5 heterocycles. The second-order valence-corrected chi connectivity index (χ2v) is 8.08. The van der Waals surface area contributed by atoms with E-state index in [2.05, 4.69) is 20.3 Å². The van der Waals surface area contributed by atoms with E-state index in [0.29, 0.717) is 35.5 Å². The van der Waals surface area contributed by atoms with Crippen LogP contribution in [0.5, 0.6) is 0 Å². The Hall–Kier alpha value is -4.12. The molecular formula is C21H16N6O4S. The van der Waals surface area contributed by atoms with E-state index in [1.54, 1.807) is 48.1 Å². The number of nitrogens with zero attached hydrogens (tertiary/aromatic N) is 5. The zero-order valence-electron chi connectivity index (χ0n) is 16.5. The van der Waals surface area contributed by atoms with E-state index in [4.69, 9.17) is 0 Å². The van der Waals surface area contributed by atoms with Gasteiger partial charge in [-0.25, -0.2) is 19.7 Å². The molecule has 1 amide bonds. The number of pyridine rings is 3. The molecule has 11 heteroatoms. The molecule has 4 aromatic heterocycles. The molecule has 0 radical (unpaired) electrons. The maximum Gasteiger partial charge on any atom is 0.341 e. The van der Waals surface area contributed by atoms with Gasteiger partial charge in [-0.3, -0.25) is 14.2 Å². The summed E-state index contributed by atoms with van der Waals surface area (Å²) in [5.74, 6) is -0.555. The Morgan fingerprint density at radius 3 is 2.66 bits per heavy atom. The van der Waals surface area contributed by atoms with Gasteiger partial charge in [-0.2, -0.15) is 0 Å². The van der Waals surface area contributed by atoms with Crippen molar-refractivity contribution in [2.75, 3.05) is 23.3 Å². The minimum atomic E-state index is -1.31. The molecular weight excluding hydrogens is 432 g/mol. The van der Waals surface area contributed by atoms with Gasteiger partial charge in [0.15, 0.2) is 10.8 Å². The van der Waals surface area contributed by atoms with Gasteiger partial charge in [-0.05, 0) is 24.3 Å². The summed E-state index contributed by atoms with van der Waals surface area (Å²) < 4.78 is 1.51. The first-order valence-electron chi connectivity index (χ1n) is 9.67. The van der Waals surface area contributed by atoms with Gasteiger partial charge in [0.05, 0.1) is 11.3 Å². The number of carbonyl (C=O) groups excluding carboxylic acids is 1. The minimum absolute atomic E-state index is 0.119. The number of amides is 1. The van der Waals surface area contributed by atoms with Gasteiger partial charge in [-0.1, -0.05) is 6.07 Å². The van der Waals surface area contributed by atoms with Gasteiger partial charge in [0.2, 0.25) is 11.3 Å². The lowest BCUT2D eigenvalue weighted by atomic mass is 9.99. The highest BCUT2D eigenvalue weighted by Gasteiger charge is 2.34. The van der Waals surface area contributed by atoms with E-state index in [0.717, 1.165) is 0 Å². The summed E-state index contributed by atoms with van der Waals surface area (Å²) in [4.78, 5) is 51.5. The SMILES string of the molecule is O=C(O)c1cn(-c2nccs2)c2nc(N3CC(C(=O)Nc4ccccn4)C3)ccc2c1=O. The normalized spacial score (nSPS) is 13.7. The average molecular weight is 448 g/mol. The van der Waals surface area contributed by atoms with Crippen molar-refractivity contribution in [3.05, 3.63) is 70.1 Å².